The van der Waals surface area contributed by atoms with Gasteiger partial charge in [-0.25, -0.2) is 0 Å². The van der Waals surface area contributed by atoms with E-state index in [0.29, 0.717) is 5.78 Å². The lowest BCUT2D eigenvalue weighted by atomic mass is 10.0. The van der Waals surface area contributed by atoms with Gasteiger partial charge in [-0.05, 0) is 19.3 Å². The molecule has 0 unspecified atom stereocenters. The fourth-order valence-electron chi connectivity index (χ4n) is 2.08. The zero-order valence-electron chi connectivity index (χ0n) is 12.4. The molecule has 1 nitrogen and oxygen atoms in total. The summed E-state index contributed by atoms with van der Waals surface area (Å²) < 4.78 is 0. The second-order valence-corrected chi connectivity index (χ2v) is 5.83. The molecule has 0 saturated carbocycles. The molecular formula is C16H31OP. The average molecular weight is 270 g/mol. The third-order valence-electron chi connectivity index (χ3n) is 3.37. The molecule has 0 aliphatic rings. The van der Waals surface area contributed by atoms with Gasteiger partial charge in [-0.1, -0.05) is 65.2 Å². The molecule has 0 fully saturated rings. The molecule has 0 atom stereocenters. The lowest BCUT2D eigenvalue weighted by Gasteiger charge is -2.04. The van der Waals surface area contributed by atoms with Crippen molar-refractivity contribution in [3.63, 3.8) is 0 Å². The van der Waals surface area contributed by atoms with E-state index in [-0.39, 0.29) is 0 Å². The number of hydrogen-bond acceptors (Lipinski definition) is 1. The smallest absolute Gasteiger partial charge is 0.162 e. The molecule has 0 bridgehead atoms. The van der Waals surface area contributed by atoms with Crippen molar-refractivity contribution in [2.75, 3.05) is 0 Å². The van der Waals surface area contributed by atoms with Crippen molar-refractivity contribution in [2.45, 2.75) is 90.9 Å². The summed E-state index contributed by atoms with van der Waals surface area (Å²) in [7, 11) is 3.52. The lowest BCUT2D eigenvalue weighted by molar-refractivity contribution is -0.113. The summed E-state index contributed by atoms with van der Waals surface area (Å²) in [5.74, 6) is 0.332. The number of ketones is 1. The van der Waals surface area contributed by atoms with Gasteiger partial charge in [-0.2, -0.15) is 0 Å². The Morgan fingerprint density at radius 2 is 1.17 bits per heavy atom. The molecule has 0 aliphatic carbocycles. The summed E-state index contributed by atoms with van der Waals surface area (Å²) >= 11 is 0. The Morgan fingerprint density at radius 1 is 0.722 bits per heavy atom. The minimum absolute atomic E-state index is 0.332. The first-order valence-corrected chi connectivity index (χ1v) is 8.33. The summed E-state index contributed by atoms with van der Waals surface area (Å²) in [5, 5.41) is 0.919. The van der Waals surface area contributed by atoms with Crippen LogP contribution >= 0.6 is 8.86 Å². The molecular weight excluding hydrogens is 239 g/mol. The highest BCUT2D eigenvalue weighted by molar-refractivity contribution is 7.25. The van der Waals surface area contributed by atoms with Crippen molar-refractivity contribution in [2.24, 2.45) is 0 Å². The minimum atomic E-state index is 0.332. The number of hydrogen-bond donors (Lipinski definition) is 0. The maximum Gasteiger partial charge on any atom is 0.162 e. The van der Waals surface area contributed by atoms with Gasteiger partial charge >= 0.3 is 0 Å². The summed E-state index contributed by atoms with van der Waals surface area (Å²) in [6, 6.07) is 0. The SMILES string of the molecule is CCCCCCCC(=O)C(=P)CCCCCCC. The summed E-state index contributed by atoms with van der Waals surface area (Å²) in [6.45, 7) is 4.44. The van der Waals surface area contributed by atoms with Crippen molar-refractivity contribution in [3.05, 3.63) is 0 Å². The highest BCUT2D eigenvalue weighted by atomic mass is 31.0. The van der Waals surface area contributed by atoms with E-state index in [2.05, 4.69) is 22.7 Å². The van der Waals surface area contributed by atoms with Gasteiger partial charge < -0.3 is 0 Å². The Kier molecular flexibility index (Phi) is 13.2. The maximum atomic E-state index is 11.8. The maximum absolute atomic E-state index is 11.8. The molecule has 0 aromatic rings. The van der Waals surface area contributed by atoms with E-state index in [0.717, 1.165) is 31.0 Å². The van der Waals surface area contributed by atoms with Crippen LogP contribution in [-0.2, 0) is 4.79 Å². The van der Waals surface area contributed by atoms with Crippen LogP contribution in [0.3, 0.4) is 0 Å². The summed E-state index contributed by atoms with van der Waals surface area (Å²) in [5.41, 5.74) is 0. The second kappa shape index (κ2) is 13.3. The molecule has 0 heterocycles. The van der Waals surface area contributed by atoms with Crippen molar-refractivity contribution in [3.8, 4) is 0 Å². The first-order chi connectivity index (χ1) is 8.72. The van der Waals surface area contributed by atoms with Crippen LogP contribution in [0.15, 0.2) is 0 Å². The average Bonchev–Trinajstić information content (AvgIpc) is 2.37. The Hall–Kier alpha value is -0.160. The molecule has 18 heavy (non-hydrogen) atoms. The number of Topliss-reactive ketones (excluding diaryl/α,β-unsaturated/α-hetero) is 1. The lowest BCUT2D eigenvalue weighted by Crippen LogP contribution is -2.10. The van der Waals surface area contributed by atoms with Gasteiger partial charge in [0.25, 0.3) is 0 Å². The minimum Gasteiger partial charge on any atom is -0.294 e. The number of carbonyl (C=O) groups is 1. The van der Waals surface area contributed by atoms with Gasteiger partial charge in [0.2, 0.25) is 0 Å². The van der Waals surface area contributed by atoms with Crippen LogP contribution in [0.2, 0.25) is 0 Å². The van der Waals surface area contributed by atoms with Crippen LogP contribution in [0, 0.1) is 0 Å². The van der Waals surface area contributed by atoms with E-state index in [1.165, 1.54) is 51.4 Å². The summed E-state index contributed by atoms with van der Waals surface area (Å²) in [4.78, 5) is 11.8. The molecule has 0 aromatic heterocycles. The summed E-state index contributed by atoms with van der Waals surface area (Å²) in [6.07, 6.45) is 14.1. The molecule has 0 aliphatic heterocycles. The molecule has 0 aromatic carbocycles. The molecule has 0 saturated heterocycles. The topological polar surface area (TPSA) is 17.1 Å². The zero-order valence-corrected chi connectivity index (χ0v) is 13.4. The van der Waals surface area contributed by atoms with Crippen LogP contribution in [0.5, 0.6) is 0 Å². The predicted molar refractivity (Wildman–Crippen MR) is 85.1 cm³/mol. The van der Waals surface area contributed by atoms with Gasteiger partial charge in [-0.3, -0.25) is 4.79 Å². The Balaban J connectivity index is 3.43. The number of carbonyl (C=O) groups excluding carboxylic acids is 1. The molecule has 0 rings (SSSR count). The van der Waals surface area contributed by atoms with Gasteiger partial charge in [0.05, 0.1) is 0 Å². The predicted octanol–water partition coefficient (Wildman–Crippen LogP) is 5.59. The largest absolute Gasteiger partial charge is 0.294 e. The standard InChI is InChI=1S/C16H31OP/c1-3-5-7-9-11-13-15(17)16(18)14-12-10-8-6-4-2/h18H,3-14H2,1-2H3. The van der Waals surface area contributed by atoms with Crippen molar-refractivity contribution in [1.29, 1.82) is 0 Å². The van der Waals surface area contributed by atoms with E-state index in [1.54, 1.807) is 0 Å². The van der Waals surface area contributed by atoms with E-state index in [4.69, 9.17) is 0 Å². The first kappa shape index (κ1) is 17.8. The first-order valence-electron chi connectivity index (χ1n) is 7.83. The van der Waals surface area contributed by atoms with Crippen LogP contribution < -0.4 is 0 Å². The van der Waals surface area contributed by atoms with Crippen molar-refractivity contribution >= 4 is 19.9 Å². The van der Waals surface area contributed by atoms with E-state index < -0.39 is 0 Å². The quantitative estimate of drug-likeness (QED) is 0.315. The molecule has 0 spiro atoms. The van der Waals surface area contributed by atoms with Gasteiger partial charge in [0.1, 0.15) is 0 Å². The molecule has 0 radical (unpaired) electrons. The molecule has 0 amide bonds. The van der Waals surface area contributed by atoms with Crippen molar-refractivity contribution < 1.29 is 4.79 Å². The fourth-order valence-corrected chi connectivity index (χ4v) is 2.39. The molecule has 2 heteroatoms. The second-order valence-electron chi connectivity index (χ2n) is 5.23. The van der Waals surface area contributed by atoms with Crippen molar-refractivity contribution in [1.82, 2.24) is 0 Å². The zero-order chi connectivity index (χ0) is 13.6. The Labute approximate surface area is 116 Å². The Bertz CT molecular complexity index is 199. The van der Waals surface area contributed by atoms with Crippen LogP contribution in [0.4, 0.5) is 0 Å². The third kappa shape index (κ3) is 11.0. The van der Waals surface area contributed by atoms with Crippen LogP contribution in [-0.4, -0.2) is 11.1 Å². The van der Waals surface area contributed by atoms with Gasteiger partial charge in [0.15, 0.2) is 5.78 Å². The normalized spacial score (nSPS) is 10.6. The van der Waals surface area contributed by atoms with Gasteiger partial charge in [0, 0.05) is 11.7 Å². The fraction of sp³-hybridized carbons (Fsp3) is 0.875. The number of rotatable bonds is 13. The van der Waals surface area contributed by atoms with E-state index >= 15 is 0 Å². The van der Waals surface area contributed by atoms with E-state index in [1.807, 2.05) is 0 Å². The van der Waals surface area contributed by atoms with E-state index in [9.17, 15) is 4.79 Å². The van der Waals surface area contributed by atoms with Gasteiger partial charge in [-0.15, -0.1) is 8.86 Å². The highest BCUT2D eigenvalue weighted by Crippen LogP contribution is 2.10. The highest BCUT2D eigenvalue weighted by Gasteiger charge is 2.06. The monoisotopic (exact) mass is 270 g/mol. The third-order valence-corrected chi connectivity index (χ3v) is 3.90. The van der Waals surface area contributed by atoms with Crippen LogP contribution in [0.1, 0.15) is 90.9 Å². The Morgan fingerprint density at radius 3 is 1.67 bits per heavy atom. The molecule has 106 valence electrons. The molecule has 0 N–H and O–H groups in total. The van der Waals surface area contributed by atoms with Crippen LogP contribution in [0.25, 0.3) is 0 Å². The number of unbranched alkanes of at least 4 members (excludes halogenated alkanes) is 8.